The SMILES string of the molecule is CC1(CN)CCN(c2nc3c(cc2F)C(=O)NC(O)N3C2CC2)C1. The van der Waals surface area contributed by atoms with E-state index in [1.165, 1.54) is 6.07 Å². The minimum atomic E-state index is -1.11. The van der Waals surface area contributed by atoms with Crippen LogP contribution in [0.15, 0.2) is 6.07 Å². The van der Waals surface area contributed by atoms with Gasteiger partial charge in [-0.3, -0.25) is 4.79 Å². The van der Waals surface area contributed by atoms with Crippen LogP contribution < -0.4 is 20.9 Å². The number of carbonyl (C=O) groups excluding carboxylic acids is 1. The smallest absolute Gasteiger partial charge is 0.258 e. The van der Waals surface area contributed by atoms with Crippen molar-refractivity contribution in [2.24, 2.45) is 11.1 Å². The number of aromatic nitrogens is 1. The lowest BCUT2D eigenvalue weighted by Gasteiger charge is -2.35. The zero-order chi connectivity index (χ0) is 17.1. The van der Waals surface area contributed by atoms with Gasteiger partial charge in [-0.1, -0.05) is 6.92 Å². The normalized spacial score (nSPS) is 29.7. The minimum Gasteiger partial charge on any atom is -0.356 e. The van der Waals surface area contributed by atoms with E-state index >= 15 is 0 Å². The van der Waals surface area contributed by atoms with E-state index in [2.05, 4.69) is 17.2 Å². The summed E-state index contributed by atoms with van der Waals surface area (Å²) in [6.07, 6.45) is 1.61. The summed E-state index contributed by atoms with van der Waals surface area (Å²) in [4.78, 5) is 20.1. The number of hydrogen-bond donors (Lipinski definition) is 3. The van der Waals surface area contributed by atoms with Crippen LogP contribution in [0.5, 0.6) is 0 Å². The maximum Gasteiger partial charge on any atom is 0.258 e. The van der Waals surface area contributed by atoms with E-state index in [0.717, 1.165) is 19.3 Å². The summed E-state index contributed by atoms with van der Waals surface area (Å²) < 4.78 is 14.6. The number of nitrogens with two attached hydrogens (primary N) is 1. The van der Waals surface area contributed by atoms with Crippen LogP contribution in [0, 0.1) is 11.2 Å². The first kappa shape index (κ1) is 15.6. The van der Waals surface area contributed by atoms with Gasteiger partial charge in [-0.2, -0.15) is 0 Å². The molecular weight excluding hydrogens is 313 g/mol. The molecule has 0 aromatic carbocycles. The predicted molar refractivity (Wildman–Crippen MR) is 87.2 cm³/mol. The van der Waals surface area contributed by atoms with Gasteiger partial charge in [0, 0.05) is 19.1 Å². The molecule has 130 valence electrons. The number of nitrogens with one attached hydrogen (secondary N) is 1. The van der Waals surface area contributed by atoms with Crippen molar-refractivity contribution in [3.05, 3.63) is 17.4 Å². The zero-order valence-corrected chi connectivity index (χ0v) is 13.6. The molecule has 1 amide bonds. The highest BCUT2D eigenvalue weighted by Crippen LogP contribution is 2.39. The van der Waals surface area contributed by atoms with Gasteiger partial charge in [0.25, 0.3) is 5.91 Å². The number of halogens is 1. The number of aliphatic hydroxyl groups excluding tert-OH is 1. The number of amides is 1. The van der Waals surface area contributed by atoms with Gasteiger partial charge in [-0.25, -0.2) is 9.37 Å². The van der Waals surface area contributed by atoms with E-state index in [1.807, 2.05) is 4.90 Å². The molecule has 0 bridgehead atoms. The van der Waals surface area contributed by atoms with Gasteiger partial charge in [-0.15, -0.1) is 0 Å². The number of fused-ring (bicyclic) bond motifs is 1. The zero-order valence-electron chi connectivity index (χ0n) is 13.6. The molecule has 0 spiro atoms. The number of carbonyl (C=O) groups is 1. The maximum atomic E-state index is 14.6. The van der Waals surface area contributed by atoms with Crippen LogP contribution in [0.1, 0.15) is 36.5 Å². The summed E-state index contributed by atoms with van der Waals surface area (Å²) in [5, 5.41) is 12.6. The lowest BCUT2D eigenvalue weighted by Crippen LogP contribution is -2.54. The fraction of sp³-hybridized carbons (Fsp3) is 0.625. The molecule has 8 heteroatoms. The Morgan fingerprint density at radius 1 is 1.50 bits per heavy atom. The molecule has 2 unspecified atom stereocenters. The summed E-state index contributed by atoms with van der Waals surface area (Å²) in [6, 6.07) is 1.37. The second-order valence-corrected chi connectivity index (χ2v) is 7.34. The Bertz CT molecular complexity index is 695. The summed E-state index contributed by atoms with van der Waals surface area (Å²) in [5.74, 6) is -0.414. The largest absolute Gasteiger partial charge is 0.356 e. The van der Waals surface area contributed by atoms with Crippen LogP contribution in [0.2, 0.25) is 0 Å². The quantitative estimate of drug-likeness (QED) is 0.739. The van der Waals surface area contributed by atoms with Crippen LogP contribution in [-0.4, -0.2) is 48.0 Å². The van der Waals surface area contributed by atoms with Crippen LogP contribution in [0.4, 0.5) is 16.0 Å². The summed E-state index contributed by atoms with van der Waals surface area (Å²) in [5.41, 5.74) is 5.95. The van der Waals surface area contributed by atoms with Crippen molar-refractivity contribution in [2.45, 2.75) is 38.6 Å². The third kappa shape index (κ3) is 2.41. The maximum absolute atomic E-state index is 14.6. The van der Waals surface area contributed by atoms with Crippen molar-refractivity contribution in [3.8, 4) is 0 Å². The molecule has 3 aliphatic rings. The lowest BCUT2D eigenvalue weighted by atomic mass is 9.90. The molecule has 1 aliphatic carbocycles. The molecule has 0 radical (unpaired) electrons. The highest BCUT2D eigenvalue weighted by Gasteiger charge is 2.42. The molecule has 4 N–H and O–H groups in total. The Kier molecular flexibility index (Phi) is 3.43. The molecule has 1 aromatic rings. The van der Waals surface area contributed by atoms with Gasteiger partial charge < -0.3 is 26.0 Å². The molecule has 1 saturated carbocycles. The van der Waals surface area contributed by atoms with Crippen molar-refractivity contribution in [3.63, 3.8) is 0 Å². The Balaban J connectivity index is 1.74. The lowest BCUT2D eigenvalue weighted by molar-refractivity contribution is 0.0735. The van der Waals surface area contributed by atoms with E-state index in [0.29, 0.717) is 25.5 Å². The Morgan fingerprint density at radius 3 is 2.88 bits per heavy atom. The molecule has 1 aromatic heterocycles. The molecule has 2 atom stereocenters. The van der Waals surface area contributed by atoms with E-state index in [-0.39, 0.29) is 22.8 Å². The van der Waals surface area contributed by atoms with Crippen molar-refractivity contribution in [2.75, 3.05) is 29.4 Å². The third-order valence-electron chi connectivity index (χ3n) is 5.24. The fourth-order valence-electron chi connectivity index (χ4n) is 3.53. The highest BCUT2D eigenvalue weighted by atomic mass is 19.1. The predicted octanol–water partition coefficient (Wildman–Crippen LogP) is 0.384. The number of pyridine rings is 1. The van der Waals surface area contributed by atoms with Crippen molar-refractivity contribution < 1.29 is 14.3 Å². The van der Waals surface area contributed by atoms with Crippen molar-refractivity contribution in [1.82, 2.24) is 10.3 Å². The number of aliphatic hydroxyl groups is 1. The van der Waals surface area contributed by atoms with E-state index in [1.54, 1.807) is 4.90 Å². The summed E-state index contributed by atoms with van der Waals surface area (Å²) in [7, 11) is 0. The van der Waals surface area contributed by atoms with E-state index < -0.39 is 18.1 Å². The minimum absolute atomic E-state index is 0.0584. The van der Waals surface area contributed by atoms with Crippen LogP contribution in [0.3, 0.4) is 0 Å². The fourth-order valence-corrected chi connectivity index (χ4v) is 3.53. The number of nitrogens with zero attached hydrogens (tertiary/aromatic N) is 3. The van der Waals surface area contributed by atoms with Crippen molar-refractivity contribution >= 4 is 17.5 Å². The standard InChI is InChI=1S/C16H22FN5O2/c1-16(7-18)4-5-21(8-16)13-11(17)6-10-12(19-13)22(9-2-3-9)15(24)20-14(10)23/h6,9,15,24H,2-5,7-8,18H2,1H3,(H,20,23). The monoisotopic (exact) mass is 335 g/mol. The average molecular weight is 335 g/mol. The number of anilines is 2. The Labute approximate surface area is 139 Å². The first-order chi connectivity index (χ1) is 11.4. The van der Waals surface area contributed by atoms with Gasteiger partial charge in [0.2, 0.25) is 6.35 Å². The van der Waals surface area contributed by atoms with Gasteiger partial charge in [0.15, 0.2) is 11.6 Å². The Morgan fingerprint density at radius 2 is 2.25 bits per heavy atom. The van der Waals surface area contributed by atoms with Gasteiger partial charge in [-0.05, 0) is 37.3 Å². The van der Waals surface area contributed by atoms with Crippen LogP contribution in [0.25, 0.3) is 0 Å². The van der Waals surface area contributed by atoms with Crippen molar-refractivity contribution in [1.29, 1.82) is 0 Å². The van der Waals surface area contributed by atoms with E-state index in [9.17, 15) is 14.3 Å². The first-order valence-electron chi connectivity index (χ1n) is 8.35. The molecule has 1 saturated heterocycles. The molecule has 7 nitrogen and oxygen atoms in total. The highest BCUT2D eigenvalue weighted by molar-refractivity contribution is 6.01. The van der Waals surface area contributed by atoms with Gasteiger partial charge in [0.1, 0.15) is 5.82 Å². The van der Waals surface area contributed by atoms with Gasteiger partial charge >= 0.3 is 0 Å². The summed E-state index contributed by atoms with van der Waals surface area (Å²) >= 11 is 0. The molecule has 24 heavy (non-hydrogen) atoms. The van der Waals surface area contributed by atoms with Crippen LogP contribution in [-0.2, 0) is 0 Å². The molecule has 4 rings (SSSR count). The number of rotatable bonds is 3. The van der Waals surface area contributed by atoms with Crippen LogP contribution >= 0.6 is 0 Å². The second-order valence-electron chi connectivity index (χ2n) is 7.34. The molecule has 2 aliphatic heterocycles. The molecular formula is C16H22FN5O2. The number of hydrogen-bond acceptors (Lipinski definition) is 6. The summed E-state index contributed by atoms with van der Waals surface area (Å²) in [6.45, 7) is 3.92. The topological polar surface area (TPSA) is 94.7 Å². The first-order valence-corrected chi connectivity index (χ1v) is 8.35. The van der Waals surface area contributed by atoms with E-state index in [4.69, 9.17) is 5.73 Å². The molecule has 3 heterocycles. The molecule has 2 fully saturated rings. The Hall–Kier alpha value is -1.93. The van der Waals surface area contributed by atoms with Gasteiger partial charge in [0.05, 0.1) is 5.56 Å². The average Bonchev–Trinajstić information content (AvgIpc) is 3.29. The third-order valence-corrected chi connectivity index (χ3v) is 5.24. The second kappa shape index (κ2) is 5.29.